The van der Waals surface area contributed by atoms with Gasteiger partial charge in [0.25, 0.3) is 0 Å². The molecule has 0 aliphatic carbocycles. The Balaban J connectivity index is 1.29. The number of benzene rings is 2. The lowest BCUT2D eigenvalue weighted by Crippen LogP contribution is -2.52. The van der Waals surface area contributed by atoms with Crippen LogP contribution in [0.4, 0.5) is 24.5 Å². The molecular formula is C25H21BrF3N3O3. The number of rotatable bonds is 5. The van der Waals surface area contributed by atoms with E-state index in [-0.39, 0.29) is 19.0 Å². The van der Waals surface area contributed by atoms with Crippen molar-refractivity contribution in [2.75, 3.05) is 36.4 Å². The molecule has 0 atom stereocenters. The predicted octanol–water partition coefficient (Wildman–Crippen LogP) is 5.57. The van der Waals surface area contributed by atoms with E-state index in [1.807, 2.05) is 35.2 Å². The number of furan rings is 1. The Labute approximate surface area is 208 Å². The number of nitrogens with one attached hydrogen (secondary N) is 1. The summed E-state index contributed by atoms with van der Waals surface area (Å²) in [5, 5.41) is 2.76. The number of hydrogen-bond donors (Lipinski definition) is 1. The first kappa shape index (κ1) is 24.6. The highest BCUT2D eigenvalue weighted by Crippen LogP contribution is 2.25. The third-order valence-electron chi connectivity index (χ3n) is 5.46. The van der Waals surface area contributed by atoms with E-state index in [1.165, 1.54) is 6.08 Å². The molecule has 2 heterocycles. The lowest BCUT2D eigenvalue weighted by atomic mass is 10.2. The average molecular weight is 548 g/mol. The summed E-state index contributed by atoms with van der Waals surface area (Å²) in [6.45, 7) is 0.583. The standard InChI is InChI=1S/C25H21BrF3N3O3/c26-18-3-1-17(2-4-18)22-11-9-21(35-22)10-12-23(33)30-19-5-7-20(8-6-19)31-13-15-32(16-14-31)24(34)25(27,28)29/h1-12H,13-16H2,(H,30,33)/b12-10+. The molecule has 2 aromatic carbocycles. The molecule has 1 aliphatic rings. The highest BCUT2D eigenvalue weighted by atomic mass is 79.9. The van der Waals surface area contributed by atoms with Gasteiger partial charge in [-0.1, -0.05) is 28.1 Å². The predicted molar refractivity (Wildman–Crippen MR) is 131 cm³/mol. The van der Waals surface area contributed by atoms with Crippen LogP contribution < -0.4 is 10.2 Å². The van der Waals surface area contributed by atoms with Crippen molar-refractivity contribution in [2.45, 2.75) is 6.18 Å². The zero-order valence-corrected chi connectivity index (χ0v) is 20.0. The van der Waals surface area contributed by atoms with Crippen LogP contribution in [0.1, 0.15) is 5.76 Å². The molecular weight excluding hydrogens is 527 g/mol. The van der Waals surface area contributed by atoms with Crippen molar-refractivity contribution >= 4 is 45.2 Å². The summed E-state index contributed by atoms with van der Waals surface area (Å²) in [6, 6.07) is 18.3. The number of carbonyl (C=O) groups excluding carboxylic acids is 2. The van der Waals surface area contributed by atoms with Gasteiger partial charge >= 0.3 is 12.1 Å². The van der Waals surface area contributed by atoms with E-state index in [0.717, 1.165) is 20.6 Å². The minimum atomic E-state index is -4.85. The number of carbonyl (C=O) groups is 2. The Morgan fingerprint density at radius 2 is 1.57 bits per heavy atom. The Morgan fingerprint density at radius 3 is 2.20 bits per heavy atom. The molecule has 0 saturated carbocycles. The Kier molecular flexibility index (Phi) is 7.30. The first-order valence-corrected chi connectivity index (χ1v) is 11.5. The first-order valence-electron chi connectivity index (χ1n) is 10.7. The molecule has 0 bridgehead atoms. The molecule has 182 valence electrons. The summed E-state index contributed by atoms with van der Waals surface area (Å²) in [4.78, 5) is 26.4. The number of halogens is 4. The summed E-state index contributed by atoms with van der Waals surface area (Å²) >= 11 is 3.39. The molecule has 3 aromatic rings. The van der Waals surface area contributed by atoms with Crippen LogP contribution in [0.15, 0.2) is 75.6 Å². The van der Waals surface area contributed by atoms with Gasteiger partial charge in [-0.3, -0.25) is 9.59 Å². The molecule has 4 rings (SSSR count). The molecule has 2 amide bonds. The van der Waals surface area contributed by atoms with Crippen molar-refractivity contribution in [1.82, 2.24) is 4.90 Å². The Hall–Kier alpha value is -3.53. The van der Waals surface area contributed by atoms with E-state index in [0.29, 0.717) is 30.3 Å². The van der Waals surface area contributed by atoms with E-state index in [1.54, 1.807) is 36.4 Å². The van der Waals surface area contributed by atoms with Crippen molar-refractivity contribution in [3.8, 4) is 11.3 Å². The van der Waals surface area contributed by atoms with E-state index in [9.17, 15) is 22.8 Å². The van der Waals surface area contributed by atoms with E-state index in [4.69, 9.17) is 4.42 Å². The molecule has 10 heteroatoms. The van der Waals surface area contributed by atoms with Gasteiger partial charge in [0.15, 0.2) is 0 Å². The topological polar surface area (TPSA) is 65.8 Å². The molecule has 35 heavy (non-hydrogen) atoms. The fraction of sp³-hybridized carbons (Fsp3) is 0.200. The first-order chi connectivity index (χ1) is 16.7. The SMILES string of the molecule is O=C(/C=C/c1ccc(-c2ccc(Br)cc2)o1)Nc1ccc(N2CCN(C(=O)C(F)(F)F)CC2)cc1. The van der Waals surface area contributed by atoms with Crippen molar-refractivity contribution < 1.29 is 27.2 Å². The van der Waals surface area contributed by atoms with E-state index in [2.05, 4.69) is 21.2 Å². The van der Waals surface area contributed by atoms with Crippen LogP contribution >= 0.6 is 15.9 Å². The summed E-state index contributed by atoms with van der Waals surface area (Å²) in [5.41, 5.74) is 2.30. The highest BCUT2D eigenvalue weighted by Gasteiger charge is 2.43. The minimum Gasteiger partial charge on any atom is -0.457 e. The van der Waals surface area contributed by atoms with Crippen LogP contribution in [0.2, 0.25) is 0 Å². The average Bonchev–Trinajstić information content (AvgIpc) is 3.32. The van der Waals surface area contributed by atoms with Gasteiger partial charge in [-0.05, 0) is 54.6 Å². The minimum absolute atomic E-state index is 0.00205. The largest absolute Gasteiger partial charge is 0.471 e. The van der Waals surface area contributed by atoms with Crippen LogP contribution in [-0.2, 0) is 9.59 Å². The third kappa shape index (κ3) is 6.33. The van der Waals surface area contributed by atoms with Crippen LogP contribution in [-0.4, -0.2) is 49.1 Å². The second kappa shape index (κ2) is 10.4. The molecule has 1 saturated heterocycles. The van der Waals surface area contributed by atoms with Gasteiger partial charge in [-0.2, -0.15) is 13.2 Å². The maximum absolute atomic E-state index is 12.6. The van der Waals surface area contributed by atoms with Crippen LogP contribution in [0, 0.1) is 0 Å². The number of hydrogen-bond acceptors (Lipinski definition) is 4. The van der Waals surface area contributed by atoms with Crippen molar-refractivity contribution in [2.24, 2.45) is 0 Å². The van der Waals surface area contributed by atoms with Crippen molar-refractivity contribution in [1.29, 1.82) is 0 Å². The smallest absolute Gasteiger partial charge is 0.457 e. The normalized spacial score (nSPS) is 14.4. The number of amides is 2. The zero-order chi connectivity index (χ0) is 25.0. The molecule has 1 aromatic heterocycles. The molecule has 1 aliphatic heterocycles. The molecule has 0 spiro atoms. The lowest BCUT2D eigenvalue weighted by Gasteiger charge is -2.36. The zero-order valence-electron chi connectivity index (χ0n) is 18.4. The van der Waals surface area contributed by atoms with Crippen LogP contribution in [0.5, 0.6) is 0 Å². The highest BCUT2D eigenvalue weighted by molar-refractivity contribution is 9.10. The van der Waals surface area contributed by atoms with Gasteiger partial charge in [0.2, 0.25) is 5.91 Å². The second-order valence-corrected chi connectivity index (χ2v) is 8.77. The maximum Gasteiger partial charge on any atom is 0.471 e. The fourth-order valence-corrected chi connectivity index (χ4v) is 3.92. The van der Waals surface area contributed by atoms with Gasteiger partial charge in [0.05, 0.1) is 0 Å². The van der Waals surface area contributed by atoms with Crippen molar-refractivity contribution in [3.63, 3.8) is 0 Å². The molecule has 0 unspecified atom stereocenters. The summed E-state index contributed by atoms with van der Waals surface area (Å²) in [6.07, 6.45) is -1.90. The van der Waals surface area contributed by atoms with Gasteiger partial charge in [0.1, 0.15) is 11.5 Å². The number of anilines is 2. The Morgan fingerprint density at radius 1 is 0.914 bits per heavy atom. The van der Waals surface area contributed by atoms with Crippen LogP contribution in [0.3, 0.4) is 0 Å². The summed E-state index contributed by atoms with van der Waals surface area (Å²) in [7, 11) is 0. The maximum atomic E-state index is 12.6. The van der Waals surface area contributed by atoms with Gasteiger partial charge in [-0.15, -0.1) is 0 Å². The molecule has 6 nitrogen and oxygen atoms in total. The molecule has 0 radical (unpaired) electrons. The quantitative estimate of drug-likeness (QED) is 0.424. The molecule has 1 fully saturated rings. The number of alkyl halides is 3. The van der Waals surface area contributed by atoms with E-state index >= 15 is 0 Å². The fourth-order valence-electron chi connectivity index (χ4n) is 3.66. The number of nitrogens with zero attached hydrogens (tertiary/aromatic N) is 2. The summed E-state index contributed by atoms with van der Waals surface area (Å²) in [5.74, 6) is -0.908. The third-order valence-corrected chi connectivity index (χ3v) is 5.99. The number of piperazine rings is 1. The molecule has 1 N–H and O–H groups in total. The van der Waals surface area contributed by atoms with Gasteiger partial charge in [-0.25, -0.2) is 0 Å². The lowest BCUT2D eigenvalue weighted by molar-refractivity contribution is -0.185. The van der Waals surface area contributed by atoms with E-state index < -0.39 is 12.1 Å². The summed E-state index contributed by atoms with van der Waals surface area (Å²) < 4.78 is 44.5. The van der Waals surface area contributed by atoms with Crippen molar-refractivity contribution in [3.05, 3.63) is 77.0 Å². The van der Waals surface area contributed by atoms with Gasteiger partial charge in [0, 0.05) is 53.7 Å². The van der Waals surface area contributed by atoms with Crippen LogP contribution in [0.25, 0.3) is 17.4 Å². The monoisotopic (exact) mass is 547 g/mol. The Bertz CT molecular complexity index is 1210. The second-order valence-electron chi connectivity index (χ2n) is 7.86. The van der Waals surface area contributed by atoms with Gasteiger partial charge < -0.3 is 19.5 Å².